The van der Waals surface area contributed by atoms with Crippen molar-refractivity contribution in [2.24, 2.45) is 0 Å². The summed E-state index contributed by atoms with van der Waals surface area (Å²) in [7, 11) is 0. The van der Waals surface area contributed by atoms with Gasteiger partial charge >= 0.3 is 0 Å². The topological polar surface area (TPSA) is 24.9 Å². The number of thiazole rings is 1. The third kappa shape index (κ3) is 3.49. The first kappa shape index (κ1) is 12.5. The zero-order chi connectivity index (χ0) is 12.3. The van der Waals surface area contributed by atoms with Gasteiger partial charge in [-0.05, 0) is 19.1 Å². The molecule has 2 rings (SSSR count). The number of hydrogen-bond acceptors (Lipinski definition) is 3. The molecule has 5 heteroatoms. The number of hydrogen-bond donors (Lipinski definition) is 1. The molecular weight excluding hydrogens is 259 g/mol. The van der Waals surface area contributed by atoms with Crippen molar-refractivity contribution in [3.63, 3.8) is 0 Å². The largest absolute Gasteiger partial charge is 0.306 e. The normalized spacial score (nSPS) is 10.8. The highest BCUT2D eigenvalue weighted by molar-refractivity contribution is 7.11. The van der Waals surface area contributed by atoms with Gasteiger partial charge in [0.15, 0.2) is 0 Å². The molecule has 0 fully saturated rings. The van der Waals surface area contributed by atoms with Crippen LogP contribution in [0.25, 0.3) is 0 Å². The van der Waals surface area contributed by atoms with Crippen molar-refractivity contribution in [3.05, 3.63) is 50.7 Å². The highest BCUT2D eigenvalue weighted by Gasteiger charge is 2.03. The van der Waals surface area contributed by atoms with Crippen LogP contribution < -0.4 is 5.32 Å². The zero-order valence-corrected chi connectivity index (χ0v) is 10.9. The van der Waals surface area contributed by atoms with Crippen molar-refractivity contribution < 1.29 is 4.39 Å². The average molecular weight is 271 g/mol. The lowest BCUT2D eigenvalue weighted by molar-refractivity contribution is 0.587. The maximum absolute atomic E-state index is 13.4. The van der Waals surface area contributed by atoms with Crippen LogP contribution in [0.1, 0.15) is 15.4 Å². The van der Waals surface area contributed by atoms with E-state index in [0.717, 1.165) is 5.01 Å². The van der Waals surface area contributed by atoms with Crippen LogP contribution in [0.4, 0.5) is 4.39 Å². The Hall–Kier alpha value is -0.970. The van der Waals surface area contributed by atoms with E-state index < -0.39 is 0 Å². The van der Waals surface area contributed by atoms with Gasteiger partial charge < -0.3 is 5.32 Å². The summed E-state index contributed by atoms with van der Waals surface area (Å²) >= 11 is 7.32. The number of rotatable bonds is 4. The Morgan fingerprint density at radius 3 is 2.88 bits per heavy atom. The van der Waals surface area contributed by atoms with Gasteiger partial charge in [-0.2, -0.15) is 0 Å². The van der Waals surface area contributed by atoms with Crippen LogP contribution in [-0.4, -0.2) is 4.98 Å². The van der Waals surface area contributed by atoms with Gasteiger partial charge in [0.05, 0.1) is 0 Å². The molecule has 0 unspecified atom stereocenters. The van der Waals surface area contributed by atoms with E-state index in [1.807, 2.05) is 13.1 Å². The molecule has 1 aromatic heterocycles. The van der Waals surface area contributed by atoms with Crippen molar-refractivity contribution in [2.45, 2.75) is 20.0 Å². The molecule has 1 aromatic carbocycles. The molecule has 0 aliphatic heterocycles. The summed E-state index contributed by atoms with van der Waals surface area (Å²) in [5.41, 5.74) is 0.614. The minimum Gasteiger partial charge on any atom is -0.306 e. The summed E-state index contributed by atoms with van der Waals surface area (Å²) in [4.78, 5) is 5.40. The molecule has 0 saturated carbocycles. The fraction of sp³-hybridized carbons (Fsp3) is 0.250. The first-order valence-electron chi connectivity index (χ1n) is 5.21. The Balaban J connectivity index is 1.90. The third-order valence-electron chi connectivity index (χ3n) is 2.28. The molecule has 0 aliphatic carbocycles. The summed E-state index contributed by atoms with van der Waals surface area (Å²) < 4.78 is 13.4. The predicted molar refractivity (Wildman–Crippen MR) is 68.8 cm³/mol. The second kappa shape index (κ2) is 5.58. The van der Waals surface area contributed by atoms with E-state index in [0.29, 0.717) is 23.7 Å². The summed E-state index contributed by atoms with van der Waals surface area (Å²) in [6.45, 7) is 3.14. The summed E-state index contributed by atoms with van der Waals surface area (Å²) in [6, 6.07) is 4.71. The fourth-order valence-corrected chi connectivity index (χ4v) is 2.37. The van der Waals surface area contributed by atoms with Gasteiger partial charge in [-0.3, -0.25) is 0 Å². The number of benzene rings is 1. The first-order chi connectivity index (χ1) is 8.15. The molecule has 0 atom stereocenters. The van der Waals surface area contributed by atoms with Gasteiger partial charge in [-0.15, -0.1) is 11.3 Å². The lowest BCUT2D eigenvalue weighted by Gasteiger charge is -2.04. The Labute approximate surface area is 108 Å². The smallest absolute Gasteiger partial charge is 0.129 e. The van der Waals surface area contributed by atoms with E-state index >= 15 is 0 Å². The molecule has 2 nitrogen and oxygen atoms in total. The summed E-state index contributed by atoms with van der Waals surface area (Å²) in [5.74, 6) is -0.277. The van der Waals surface area contributed by atoms with Crippen LogP contribution >= 0.6 is 22.9 Å². The molecule has 1 heterocycles. The van der Waals surface area contributed by atoms with E-state index in [1.54, 1.807) is 23.5 Å². The second-order valence-electron chi connectivity index (χ2n) is 3.70. The fourth-order valence-electron chi connectivity index (χ4n) is 1.45. The highest BCUT2D eigenvalue weighted by atomic mass is 35.5. The molecule has 0 saturated heterocycles. The van der Waals surface area contributed by atoms with E-state index in [9.17, 15) is 4.39 Å². The molecule has 1 N–H and O–H groups in total. The average Bonchev–Trinajstić information content (AvgIpc) is 2.68. The maximum atomic E-state index is 13.4. The number of halogens is 2. The van der Waals surface area contributed by atoms with E-state index in [1.165, 1.54) is 10.9 Å². The van der Waals surface area contributed by atoms with Gasteiger partial charge in [0.1, 0.15) is 10.8 Å². The van der Waals surface area contributed by atoms with Crippen LogP contribution in [0, 0.1) is 12.7 Å². The number of nitrogens with zero attached hydrogens (tertiary/aromatic N) is 1. The van der Waals surface area contributed by atoms with Crippen molar-refractivity contribution in [3.8, 4) is 0 Å². The van der Waals surface area contributed by atoms with Gasteiger partial charge in [0.2, 0.25) is 0 Å². The molecular formula is C12H12ClFN2S. The van der Waals surface area contributed by atoms with Gasteiger partial charge in [0.25, 0.3) is 0 Å². The Kier molecular flexibility index (Phi) is 4.10. The quantitative estimate of drug-likeness (QED) is 0.919. The minimum absolute atomic E-state index is 0.277. The molecule has 0 aliphatic rings. The van der Waals surface area contributed by atoms with Crippen molar-refractivity contribution in [2.75, 3.05) is 0 Å². The molecule has 0 amide bonds. The van der Waals surface area contributed by atoms with Crippen molar-refractivity contribution >= 4 is 22.9 Å². The lowest BCUT2D eigenvalue weighted by atomic mass is 10.2. The van der Waals surface area contributed by atoms with E-state index in [-0.39, 0.29) is 5.82 Å². The monoisotopic (exact) mass is 270 g/mol. The Morgan fingerprint density at radius 1 is 1.41 bits per heavy atom. The number of aromatic nitrogens is 1. The van der Waals surface area contributed by atoms with Crippen molar-refractivity contribution in [1.82, 2.24) is 10.3 Å². The molecule has 2 aromatic rings. The molecule has 0 bridgehead atoms. The van der Waals surface area contributed by atoms with Gasteiger partial charge in [-0.1, -0.05) is 17.7 Å². The van der Waals surface area contributed by atoms with Crippen LogP contribution in [-0.2, 0) is 13.1 Å². The van der Waals surface area contributed by atoms with E-state index in [4.69, 9.17) is 11.6 Å². The Bertz CT molecular complexity index is 513. The molecule has 0 spiro atoms. The zero-order valence-electron chi connectivity index (χ0n) is 9.34. The minimum atomic E-state index is -0.277. The van der Waals surface area contributed by atoms with Gasteiger partial charge in [0, 0.05) is 34.7 Å². The molecule has 90 valence electrons. The van der Waals surface area contributed by atoms with Gasteiger partial charge in [-0.25, -0.2) is 9.37 Å². The first-order valence-corrected chi connectivity index (χ1v) is 6.40. The second-order valence-corrected chi connectivity index (χ2v) is 5.46. The van der Waals surface area contributed by atoms with Crippen molar-refractivity contribution in [1.29, 1.82) is 0 Å². The number of aryl methyl sites for hydroxylation is 1. The number of nitrogens with one attached hydrogen (secondary N) is 1. The van der Waals surface area contributed by atoms with E-state index in [2.05, 4.69) is 10.3 Å². The lowest BCUT2D eigenvalue weighted by Crippen LogP contribution is -2.13. The summed E-state index contributed by atoms with van der Waals surface area (Å²) in [6.07, 6.45) is 1.84. The molecule has 0 radical (unpaired) electrons. The summed E-state index contributed by atoms with van der Waals surface area (Å²) in [5, 5.41) is 4.59. The molecule has 17 heavy (non-hydrogen) atoms. The van der Waals surface area contributed by atoms with Crippen LogP contribution in [0.15, 0.2) is 24.4 Å². The van der Waals surface area contributed by atoms with Crippen LogP contribution in [0.5, 0.6) is 0 Å². The predicted octanol–water partition coefficient (Wildman–Crippen LogP) is 3.53. The maximum Gasteiger partial charge on any atom is 0.129 e. The third-order valence-corrected chi connectivity index (χ3v) is 3.42. The van der Waals surface area contributed by atoms with Crippen LogP contribution in [0.2, 0.25) is 5.02 Å². The SMILES string of the molecule is Cc1cnc(CNCc2ccc(Cl)cc2F)s1. The highest BCUT2D eigenvalue weighted by Crippen LogP contribution is 2.15. The standard InChI is InChI=1S/C12H12ClFN2S/c1-8-5-16-12(17-8)7-15-6-9-2-3-10(13)4-11(9)14/h2-5,15H,6-7H2,1H3. The van der Waals surface area contributed by atoms with Crippen LogP contribution in [0.3, 0.4) is 0 Å². The Morgan fingerprint density at radius 2 is 2.24 bits per heavy atom.